The molecule has 20 heteroatoms. The smallest absolute Gasteiger partial charge is 0.415 e. The van der Waals surface area contributed by atoms with Crippen LogP contribution >= 0.6 is 0 Å². The van der Waals surface area contributed by atoms with E-state index in [-0.39, 0.29) is 61.9 Å². The number of alkyl carbamates (subject to hydrolysis) is 1. The second kappa shape index (κ2) is 21.3. The van der Waals surface area contributed by atoms with Gasteiger partial charge >= 0.3 is 18.0 Å². The van der Waals surface area contributed by atoms with Crippen molar-refractivity contribution >= 4 is 53.1 Å². The van der Waals surface area contributed by atoms with Crippen molar-refractivity contribution in [2.75, 3.05) is 25.4 Å². The Morgan fingerprint density at radius 2 is 1.38 bits per heavy atom. The van der Waals surface area contributed by atoms with E-state index in [2.05, 4.69) is 25.9 Å². The number of hydrogen-bond acceptors (Lipinski definition) is 11. The van der Waals surface area contributed by atoms with E-state index < -0.39 is 53.4 Å². The maximum Gasteiger partial charge on any atom is 0.415 e. The standard InChI is InChI=1S/C22H33N9O7.C6H6N2O2/c23-20(24)27-10-4-8-14(31-22(37)38-19(36)13-6-2-1-3-7-13)17(33)29-12-16(32)30-15(18(34)35)9-5-11-28-21(25)26;7-5-1-3-6(4-2-5)8(9)10/h1-3,6-7,14-15H,4-5,8-12H2,(H,29,33)(H,30,32)(H,31,37)(H,34,35)(H4,23,24,27)(H4,25,26,28);1-4H,7H2/t14-,15?;/m1./s1. The fraction of sp³-hybridized carbons (Fsp3) is 0.321. The Bertz CT molecular complexity index is 1440. The van der Waals surface area contributed by atoms with Crippen LogP contribution in [-0.2, 0) is 19.1 Å². The number of benzene rings is 2. The highest BCUT2D eigenvalue weighted by Gasteiger charge is 2.25. The summed E-state index contributed by atoms with van der Waals surface area (Å²) < 4.78 is 4.72. The molecule has 2 atom stereocenters. The number of nitrogens with two attached hydrogens (primary N) is 5. The first-order valence-electron chi connectivity index (χ1n) is 14.2. The molecule has 0 bridgehead atoms. The Balaban J connectivity index is 0.000000975. The molecule has 0 fully saturated rings. The van der Waals surface area contributed by atoms with Crippen LogP contribution in [0.1, 0.15) is 36.0 Å². The van der Waals surface area contributed by atoms with Gasteiger partial charge in [-0.15, -0.1) is 0 Å². The summed E-state index contributed by atoms with van der Waals surface area (Å²) >= 11 is 0. The van der Waals surface area contributed by atoms with Crippen LogP contribution < -0.4 is 44.6 Å². The zero-order valence-electron chi connectivity index (χ0n) is 25.7. The molecule has 14 N–H and O–H groups in total. The lowest BCUT2D eigenvalue weighted by molar-refractivity contribution is -0.384. The number of aliphatic imine (C=N–C) groups is 2. The van der Waals surface area contributed by atoms with Gasteiger partial charge in [-0.3, -0.25) is 29.7 Å². The minimum absolute atomic E-state index is 0.0292. The molecule has 0 aliphatic carbocycles. The summed E-state index contributed by atoms with van der Waals surface area (Å²) in [7, 11) is 0. The van der Waals surface area contributed by atoms with Crippen molar-refractivity contribution in [1.82, 2.24) is 16.0 Å². The maximum absolute atomic E-state index is 12.7. The van der Waals surface area contributed by atoms with E-state index >= 15 is 0 Å². The Morgan fingerprint density at radius 3 is 1.88 bits per heavy atom. The van der Waals surface area contributed by atoms with E-state index in [1.165, 1.54) is 36.4 Å². The molecule has 0 saturated carbocycles. The van der Waals surface area contributed by atoms with Crippen molar-refractivity contribution < 1.29 is 38.7 Å². The minimum Gasteiger partial charge on any atom is -0.480 e. The lowest BCUT2D eigenvalue weighted by atomic mass is 10.1. The molecule has 0 aliphatic heterocycles. The summed E-state index contributed by atoms with van der Waals surface area (Å²) in [5.41, 5.74) is 27.0. The molecule has 0 radical (unpaired) electrons. The van der Waals surface area contributed by atoms with Crippen LogP contribution in [0.5, 0.6) is 0 Å². The maximum atomic E-state index is 12.7. The third-order valence-corrected chi connectivity index (χ3v) is 5.85. The number of hydrogen-bond donors (Lipinski definition) is 9. The molecule has 0 heterocycles. The molecule has 2 aromatic rings. The zero-order valence-corrected chi connectivity index (χ0v) is 25.7. The zero-order chi connectivity index (χ0) is 36.1. The van der Waals surface area contributed by atoms with E-state index in [1.807, 2.05) is 0 Å². The molecule has 0 aromatic heterocycles. The highest BCUT2D eigenvalue weighted by molar-refractivity contribution is 5.97. The van der Waals surface area contributed by atoms with Crippen molar-refractivity contribution in [1.29, 1.82) is 0 Å². The molecule has 0 saturated heterocycles. The number of nitrogens with one attached hydrogen (secondary N) is 3. The number of nitro groups is 1. The molecule has 20 nitrogen and oxygen atoms in total. The average Bonchev–Trinajstić information content (AvgIpc) is 3.03. The first-order chi connectivity index (χ1) is 22.7. The highest BCUT2D eigenvalue weighted by atomic mass is 16.6. The van der Waals surface area contributed by atoms with Crippen LogP contribution in [0.25, 0.3) is 0 Å². The van der Waals surface area contributed by atoms with Gasteiger partial charge in [0.1, 0.15) is 12.1 Å². The van der Waals surface area contributed by atoms with Crippen molar-refractivity contribution in [3.05, 3.63) is 70.3 Å². The number of carbonyl (C=O) groups is 5. The summed E-state index contributed by atoms with van der Waals surface area (Å²) in [6, 6.07) is 11.0. The van der Waals surface area contributed by atoms with Gasteiger partial charge in [-0.1, -0.05) is 18.2 Å². The molecule has 0 spiro atoms. The van der Waals surface area contributed by atoms with E-state index in [0.29, 0.717) is 5.69 Å². The van der Waals surface area contributed by atoms with Crippen molar-refractivity contribution in [3.63, 3.8) is 0 Å². The molecular formula is C28H39N11O9. The molecule has 2 rings (SSSR count). The number of rotatable bonds is 16. The van der Waals surface area contributed by atoms with Crippen LogP contribution in [0, 0.1) is 10.1 Å². The number of ether oxygens (including phenoxy) is 1. The lowest BCUT2D eigenvalue weighted by Gasteiger charge is -2.18. The molecular weight excluding hydrogens is 634 g/mol. The fourth-order valence-corrected chi connectivity index (χ4v) is 3.55. The third-order valence-electron chi connectivity index (χ3n) is 5.85. The number of guanidine groups is 2. The van der Waals surface area contributed by atoms with E-state index in [1.54, 1.807) is 18.2 Å². The Labute approximate surface area is 274 Å². The number of nitrogens with zero attached hydrogens (tertiary/aromatic N) is 3. The number of nitro benzene ring substituents is 1. The Morgan fingerprint density at radius 1 is 0.833 bits per heavy atom. The highest BCUT2D eigenvalue weighted by Crippen LogP contribution is 2.12. The number of nitrogen functional groups attached to an aromatic ring is 1. The van der Waals surface area contributed by atoms with Gasteiger partial charge in [-0.2, -0.15) is 0 Å². The molecule has 3 amide bonds. The normalized spacial score (nSPS) is 11.2. The molecule has 260 valence electrons. The second-order valence-electron chi connectivity index (χ2n) is 9.66. The van der Waals surface area contributed by atoms with Gasteiger partial charge in [0.25, 0.3) is 5.69 Å². The summed E-state index contributed by atoms with van der Waals surface area (Å²) in [5.74, 6) is -4.07. The number of carbonyl (C=O) groups excluding carboxylic acids is 4. The molecule has 2 aromatic carbocycles. The van der Waals surface area contributed by atoms with Gasteiger partial charge in [0.05, 0.1) is 17.0 Å². The van der Waals surface area contributed by atoms with Crippen LogP contribution in [0.2, 0.25) is 0 Å². The molecule has 48 heavy (non-hydrogen) atoms. The van der Waals surface area contributed by atoms with Crippen molar-refractivity contribution in [2.24, 2.45) is 32.9 Å². The van der Waals surface area contributed by atoms with Gasteiger partial charge in [0, 0.05) is 30.9 Å². The number of non-ortho nitro benzene ring substituents is 1. The number of amides is 3. The van der Waals surface area contributed by atoms with Crippen LogP contribution in [0.15, 0.2) is 64.6 Å². The fourth-order valence-electron chi connectivity index (χ4n) is 3.55. The quantitative estimate of drug-likeness (QED) is 0.0149. The third kappa shape index (κ3) is 17.1. The van der Waals surface area contributed by atoms with Crippen LogP contribution in [0.4, 0.5) is 16.2 Å². The molecule has 0 aliphatic rings. The monoisotopic (exact) mass is 673 g/mol. The van der Waals surface area contributed by atoms with E-state index in [0.717, 1.165) is 0 Å². The summed E-state index contributed by atoms with van der Waals surface area (Å²) in [6.07, 6.45) is -0.570. The topological polar surface area (TPSA) is 349 Å². The van der Waals surface area contributed by atoms with Gasteiger partial charge in [0.15, 0.2) is 11.9 Å². The predicted octanol–water partition coefficient (Wildman–Crippen LogP) is -1.11. The van der Waals surface area contributed by atoms with Gasteiger partial charge in [0.2, 0.25) is 11.8 Å². The van der Waals surface area contributed by atoms with Crippen molar-refractivity contribution in [3.8, 4) is 0 Å². The first-order valence-corrected chi connectivity index (χ1v) is 14.2. The number of carboxylic acid groups (broad SMARTS) is 1. The van der Waals surface area contributed by atoms with Gasteiger partial charge in [-0.05, 0) is 49.9 Å². The van der Waals surface area contributed by atoms with E-state index in [9.17, 15) is 39.2 Å². The number of esters is 1. The first kappa shape index (κ1) is 39.6. The lowest BCUT2D eigenvalue weighted by Crippen LogP contribution is -2.51. The number of anilines is 1. The van der Waals surface area contributed by atoms with Crippen LogP contribution in [0.3, 0.4) is 0 Å². The predicted molar refractivity (Wildman–Crippen MR) is 174 cm³/mol. The Hall–Kier alpha value is -6.47. The van der Waals surface area contributed by atoms with Gasteiger partial charge < -0.3 is 54.5 Å². The number of carboxylic acids is 1. The summed E-state index contributed by atoms with van der Waals surface area (Å²) in [4.78, 5) is 77.8. The van der Waals surface area contributed by atoms with Gasteiger partial charge in [-0.25, -0.2) is 14.4 Å². The summed E-state index contributed by atoms with van der Waals surface area (Å²) in [6.45, 7) is -0.262. The number of aliphatic carboxylic acids is 1. The average molecular weight is 674 g/mol. The Kier molecular flexibility index (Phi) is 17.6. The second-order valence-corrected chi connectivity index (χ2v) is 9.66. The molecule has 1 unspecified atom stereocenters. The largest absolute Gasteiger partial charge is 0.480 e. The van der Waals surface area contributed by atoms with Crippen molar-refractivity contribution in [2.45, 2.75) is 37.8 Å². The minimum atomic E-state index is -1.28. The summed E-state index contributed by atoms with van der Waals surface area (Å²) in [5, 5.41) is 26.2. The van der Waals surface area contributed by atoms with E-state index in [4.69, 9.17) is 33.4 Å². The van der Waals surface area contributed by atoms with Crippen LogP contribution in [-0.4, -0.2) is 83.5 Å². The SMILES string of the molecule is NC(N)=NCCCC(NC(=O)CNC(=O)[C@@H](CCCN=C(N)N)NC(=O)OC(=O)c1ccccc1)C(=O)O.Nc1ccc([N+](=O)[O-])cc1.